The van der Waals surface area contributed by atoms with E-state index < -0.39 is 0 Å². The van der Waals surface area contributed by atoms with Gasteiger partial charge in [0.2, 0.25) is 0 Å². The van der Waals surface area contributed by atoms with E-state index in [0.717, 1.165) is 23.1 Å². The maximum absolute atomic E-state index is 5.39. The van der Waals surface area contributed by atoms with Crippen LogP contribution in [0.15, 0.2) is 84.9 Å². The van der Waals surface area contributed by atoms with E-state index in [1.807, 2.05) is 6.07 Å². The van der Waals surface area contributed by atoms with Gasteiger partial charge in [0, 0.05) is 24.8 Å². The van der Waals surface area contributed by atoms with E-state index in [1.54, 1.807) is 18.4 Å². The average molecular weight is 426 g/mol. The van der Waals surface area contributed by atoms with Crippen LogP contribution in [-0.4, -0.2) is 28.5 Å². The maximum atomic E-state index is 5.39. The van der Waals surface area contributed by atoms with Crippen LogP contribution in [0.2, 0.25) is 0 Å². The minimum atomic E-state index is 0.614. The molecule has 0 saturated heterocycles. The third kappa shape index (κ3) is 4.02. The lowest BCUT2D eigenvalue weighted by atomic mass is 9.97. The zero-order valence-electron chi connectivity index (χ0n) is 17.4. The molecule has 0 aliphatic rings. The summed E-state index contributed by atoms with van der Waals surface area (Å²) in [4.78, 5) is 1.13. The normalized spacial score (nSPS) is 11.3. The quantitative estimate of drug-likeness (QED) is 0.318. The molecule has 0 atom stereocenters. The van der Waals surface area contributed by atoms with Gasteiger partial charge < -0.3 is 9.30 Å². The van der Waals surface area contributed by atoms with Gasteiger partial charge in [0.25, 0.3) is 0 Å². The molecule has 4 nitrogen and oxygen atoms in total. The van der Waals surface area contributed by atoms with Gasteiger partial charge in [-0.3, -0.25) is 0 Å². The lowest BCUT2D eigenvalue weighted by molar-refractivity contribution is 0.187. The van der Waals surface area contributed by atoms with Crippen LogP contribution >= 0.6 is 11.3 Å². The summed E-state index contributed by atoms with van der Waals surface area (Å²) >= 11 is 1.75. The van der Waals surface area contributed by atoms with E-state index in [4.69, 9.17) is 4.74 Å². The SMILES string of the molecule is COCCn1c(Cc2ccccc2-c2ccccc2)nnc1-c1cc2ccccc2s1. The molecule has 31 heavy (non-hydrogen) atoms. The van der Waals surface area contributed by atoms with Crippen LogP contribution in [0.3, 0.4) is 0 Å². The largest absolute Gasteiger partial charge is 0.383 e. The summed E-state index contributed by atoms with van der Waals surface area (Å²) in [6.07, 6.45) is 0.715. The lowest BCUT2D eigenvalue weighted by Gasteiger charge is -2.12. The molecule has 2 aromatic heterocycles. The molecule has 154 valence electrons. The standard InChI is InChI=1S/C26H23N3OS/c1-30-16-15-29-25(18-20-11-5-7-13-22(20)19-9-3-2-4-10-19)27-28-26(29)24-17-21-12-6-8-14-23(21)31-24/h2-14,17H,15-16,18H2,1H3. The number of aromatic nitrogens is 3. The molecule has 0 fully saturated rings. The molecular formula is C26H23N3OS. The van der Waals surface area contributed by atoms with Crippen molar-refractivity contribution in [2.24, 2.45) is 0 Å². The van der Waals surface area contributed by atoms with Gasteiger partial charge in [0.05, 0.1) is 11.5 Å². The zero-order chi connectivity index (χ0) is 21.0. The fourth-order valence-corrected chi connectivity index (χ4v) is 4.96. The molecular weight excluding hydrogens is 402 g/mol. The minimum absolute atomic E-state index is 0.614. The Bertz CT molecular complexity index is 1270. The molecule has 0 N–H and O–H groups in total. The first kappa shape index (κ1) is 19.7. The van der Waals surface area contributed by atoms with Gasteiger partial charge in [-0.2, -0.15) is 0 Å². The van der Waals surface area contributed by atoms with Gasteiger partial charge in [-0.15, -0.1) is 21.5 Å². The molecule has 0 bridgehead atoms. The van der Waals surface area contributed by atoms with E-state index >= 15 is 0 Å². The molecule has 0 unspecified atom stereocenters. The van der Waals surface area contributed by atoms with E-state index in [-0.39, 0.29) is 0 Å². The maximum Gasteiger partial charge on any atom is 0.174 e. The van der Waals surface area contributed by atoms with Gasteiger partial charge in [0.1, 0.15) is 5.82 Å². The van der Waals surface area contributed by atoms with Crippen LogP contribution in [0, 0.1) is 0 Å². The Morgan fingerprint density at radius 2 is 1.65 bits per heavy atom. The highest BCUT2D eigenvalue weighted by Crippen LogP contribution is 2.33. The molecule has 0 aliphatic heterocycles. The summed E-state index contributed by atoms with van der Waals surface area (Å²) < 4.78 is 8.85. The molecule has 0 spiro atoms. The third-order valence-electron chi connectivity index (χ3n) is 5.44. The van der Waals surface area contributed by atoms with Crippen LogP contribution in [0.25, 0.3) is 31.9 Å². The van der Waals surface area contributed by atoms with Crippen molar-refractivity contribution in [1.29, 1.82) is 0 Å². The highest BCUT2D eigenvalue weighted by molar-refractivity contribution is 7.22. The van der Waals surface area contributed by atoms with E-state index in [2.05, 4.69) is 93.6 Å². The Kier molecular flexibility index (Phi) is 5.61. The lowest BCUT2D eigenvalue weighted by Crippen LogP contribution is -2.10. The van der Waals surface area contributed by atoms with Crippen molar-refractivity contribution in [1.82, 2.24) is 14.8 Å². The van der Waals surface area contributed by atoms with Crippen LogP contribution in [0.5, 0.6) is 0 Å². The summed E-state index contributed by atoms with van der Waals surface area (Å²) in [6.45, 7) is 1.33. The van der Waals surface area contributed by atoms with E-state index in [1.165, 1.54) is 26.8 Å². The van der Waals surface area contributed by atoms with Crippen LogP contribution < -0.4 is 0 Å². The monoisotopic (exact) mass is 425 g/mol. The van der Waals surface area contributed by atoms with Gasteiger partial charge >= 0.3 is 0 Å². The predicted octanol–water partition coefficient (Wildman–Crippen LogP) is 6.06. The van der Waals surface area contributed by atoms with Crippen LogP contribution in [-0.2, 0) is 17.7 Å². The second kappa shape index (κ2) is 8.84. The van der Waals surface area contributed by atoms with Crippen molar-refractivity contribution >= 4 is 21.4 Å². The Balaban J connectivity index is 1.55. The first-order valence-electron chi connectivity index (χ1n) is 10.4. The van der Waals surface area contributed by atoms with E-state index in [9.17, 15) is 0 Å². The van der Waals surface area contributed by atoms with Crippen LogP contribution in [0.4, 0.5) is 0 Å². The van der Waals surface area contributed by atoms with Crippen molar-refractivity contribution < 1.29 is 4.74 Å². The van der Waals surface area contributed by atoms with Gasteiger partial charge in [-0.25, -0.2) is 0 Å². The van der Waals surface area contributed by atoms with Crippen molar-refractivity contribution in [3.05, 3.63) is 96.3 Å². The highest BCUT2D eigenvalue weighted by atomic mass is 32.1. The fourth-order valence-electron chi connectivity index (χ4n) is 3.90. The molecule has 2 heterocycles. The number of nitrogens with zero attached hydrogens (tertiary/aromatic N) is 3. The number of benzene rings is 3. The Morgan fingerprint density at radius 1 is 0.871 bits per heavy atom. The van der Waals surface area contributed by atoms with Crippen molar-refractivity contribution in [3.8, 4) is 21.8 Å². The molecule has 5 rings (SSSR count). The second-order valence-electron chi connectivity index (χ2n) is 7.43. The molecule has 0 saturated carbocycles. The summed E-state index contributed by atoms with van der Waals surface area (Å²) in [7, 11) is 1.73. The highest BCUT2D eigenvalue weighted by Gasteiger charge is 2.17. The summed E-state index contributed by atoms with van der Waals surface area (Å²) in [5.41, 5.74) is 3.68. The Hall–Kier alpha value is -3.28. The average Bonchev–Trinajstić information content (AvgIpc) is 3.42. The molecule has 0 radical (unpaired) electrons. The van der Waals surface area contributed by atoms with Gasteiger partial charge in [-0.05, 0) is 34.2 Å². The summed E-state index contributed by atoms with van der Waals surface area (Å²) in [6, 6.07) is 29.7. The Labute approximate surface area is 185 Å². The fraction of sp³-hybridized carbons (Fsp3) is 0.154. The number of methoxy groups -OCH3 is 1. The topological polar surface area (TPSA) is 39.9 Å². The summed E-state index contributed by atoms with van der Waals surface area (Å²) in [5, 5.41) is 10.4. The molecule has 5 heteroatoms. The summed E-state index contributed by atoms with van der Waals surface area (Å²) in [5.74, 6) is 1.86. The van der Waals surface area contributed by atoms with Gasteiger partial charge in [0.15, 0.2) is 5.82 Å². The number of rotatable bonds is 7. The molecule has 5 aromatic rings. The molecule has 3 aromatic carbocycles. The predicted molar refractivity (Wildman–Crippen MR) is 127 cm³/mol. The number of fused-ring (bicyclic) bond motifs is 1. The van der Waals surface area contributed by atoms with Crippen LogP contribution in [0.1, 0.15) is 11.4 Å². The van der Waals surface area contributed by atoms with Gasteiger partial charge in [-0.1, -0.05) is 72.8 Å². The number of hydrogen-bond acceptors (Lipinski definition) is 4. The number of hydrogen-bond donors (Lipinski definition) is 0. The molecule has 0 amide bonds. The van der Waals surface area contributed by atoms with E-state index in [0.29, 0.717) is 13.0 Å². The van der Waals surface area contributed by atoms with Crippen molar-refractivity contribution in [2.45, 2.75) is 13.0 Å². The van der Waals surface area contributed by atoms with Crippen molar-refractivity contribution in [2.75, 3.05) is 13.7 Å². The number of ether oxygens (including phenoxy) is 1. The molecule has 0 aliphatic carbocycles. The minimum Gasteiger partial charge on any atom is -0.383 e. The second-order valence-corrected chi connectivity index (χ2v) is 8.52. The number of thiophene rings is 1. The zero-order valence-corrected chi connectivity index (χ0v) is 18.2. The Morgan fingerprint density at radius 3 is 2.48 bits per heavy atom. The first-order chi connectivity index (χ1) is 15.3. The third-order valence-corrected chi connectivity index (χ3v) is 6.56. The smallest absolute Gasteiger partial charge is 0.174 e. The first-order valence-corrected chi connectivity index (χ1v) is 11.2. The van der Waals surface area contributed by atoms with Crippen molar-refractivity contribution in [3.63, 3.8) is 0 Å².